The van der Waals surface area contributed by atoms with Gasteiger partial charge in [-0.3, -0.25) is 24.2 Å². The van der Waals surface area contributed by atoms with Crippen molar-refractivity contribution < 1.29 is 23.9 Å². The molecule has 1 N–H and O–H groups in total. The average molecular weight is 653 g/mol. The van der Waals surface area contributed by atoms with Crippen molar-refractivity contribution in [2.45, 2.75) is 31.8 Å². The lowest BCUT2D eigenvalue weighted by Crippen LogP contribution is -2.47. The molecule has 244 valence electrons. The zero-order valence-electron chi connectivity index (χ0n) is 27.0. The molecule has 6 rings (SSSR count). The summed E-state index contributed by atoms with van der Waals surface area (Å²) in [6, 6.07) is 24.9. The minimum atomic E-state index is -0.572. The van der Waals surface area contributed by atoms with E-state index in [1.165, 1.54) is 21.8 Å². The number of carbonyl (C=O) groups is 3. The van der Waals surface area contributed by atoms with Crippen LogP contribution in [0, 0.1) is 0 Å². The number of carbonyl (C=O) groups excluding carboxylic acids is 3. The molecular weight excluding hydrogens is 612 g/mol. The number of ether oxygens (including phenoxy) is 2. The van der Waals surface area contributed by atoms with Gasteiger partial charge < -0.3 is 19.7 Å². The molecule has 1 aromatic heterocycles. The van der Waals surface area contributed by atoms with Crippen molar-refractivity contribution >= 4 is 34.7 Å². The number of hydrogen-bond donors (Lipinski definition) is 1. The van der Waals surface area contributed by atoms with E-state index in [4.69, 9.17) is 9.47 Å². The second-order valence-electron chi connectivity index (χ2n) is 11.8. The van der Waals surface area contributed by atoms with Crippen LogP contribution >= 0.6 is 11.3 Å². The predicted molar refractivity (Wildman–Crippen MR) is 184 cm³/mol. The summed E-state index contributed by atoms with van der Waals surface area (Å²) in [6.07, 6.45) is 1.01. The number of rotatable bonds is 12. The topological polar surface area (TPSA) is 91.4 Å². The van der Waals surface area contributed by atoms with Crippen LogP contribution in [0.2, 0.25) is 0 Å². The predicted octanol–water partition coefficient (Wildman–Crippen LogP) is 6.20. The number of anilines is 1. The molecule has 2 unspecified atom stereocenters. The van der Waals surface area contributed by atoms with Crippen molar-refractivity contribution in [3.05, 3.63) is 111 Å². The fourth-order valence-electron chi connectivity index (χ4n) is 6.62. The van der Waals surface area contributed by atoms with E-state index in [0.717, 1.165) is 37.4 Å². The number of thiophene rings is 1. The first-order valence-electron chi connectivity index (χ1n) is 16.0. The first kappa shape index (κ1) is 32.3. The summed E-state index contributed by atoms with van der Waals surface area (Å²) in [4.78, 5) is 47.7. The Labute approximate surface area is 279 Å². The van der Waals surface area contributed by atoms with Crippen LogP contribution in [0.25, 0.3) is 0 Å². The number of methoxy groups -OCH3 is 2. The Kier molecular flexibility index (Phi) is 9.89. The van der Waals surface area contributed by atoms with E-state index in [1.807, 2.05) is 41.8 Å². The number of fused-ring (bicyclic) bond motifs is 1. The van der Waals surface area contributed by atoms with Gasteiger partial charge in [-0.15, -0.1) is 11.3 Å². The zero-order chi connectivity index (χ0) is 32.9. The van der Waals surface area contributed by atoms with Gasteiger partial charge in [-0.2, -0.15) is 0 Å². The van der Waals surface area contributed by atoms with Crippen LogP contribution in [0.3, 0.4) is 0 Å². The van der Waals surface area contributed by atoms with E-state index in [0.29, 0.717) is 46.9 Å². The number of piperazine rings is 1. The third-order valence-corrected chi connectivity index (χ3v) is 10.1. The highest BCUT2D eigenvalue weighted by Crippen LogP contribution is 2.40. The molecular formula is C37H40N4O5S. The lowest BCUT2D eigenvalue weighted by Gasteiger charge is -2.39. The standard InChI is InChI=1S/C37H40N4O5S/c1-25(26-10-5-4-6-11-26)39-19-21-40(22-20-39)30-13-7-12-28-34(30)37(44)41(36(28)43)29(27-16-17-31(45-2)32(24-27)46-3)14-8-18-38-35(42)33-15-9-23-47-33/h4-7,9-13,15-17,23-25,29H,8,14,18-22H2,1-3H3,(H,38,42). The Bertz CT molecular complexity index is 1720. The normalized spacial score (nSPS) is 16.1. The monoisotopic (exact) mass is 652 g/mol. The van der Waals surface area contributed by atoms with Gasteiger partial charge in [0.1, 0.15) is 0 Å². The molecule has 3 heterocycles. The third-order valence-electron chi connectivity index (χ3n) is 9.20. The molecule has 0 bridgehead atoms. The van der Waals surface area contributed by atoms with E-state index in [2.05, 4.69) is 46.3 Å². The molecule has 0 spiro atoms. The van der Waals surface area contributed by atoms with Crippen LogP contribution in [-0.4, -0.2) is 74.5 Å². The summed E-state index contributed by atoms with van der Waals surface area (Å²) in [5, 5.41) is 4.83. The number of amides is 3. The van der Waals surface area contributed by atoms with Gasteiger partial charge in [0.25, 0.3) is 17.7 Å². The van der Waals surface area contributed by atoms with Crippen LogP contribution in [0.1, 0.15) is 73.4 Å². The molecule has 0 radical (unpaired) electrons. The molecule has 47 heavy (non-hydrogen) atoms. The van der Waals surface area contributed by atoms with Crippen LogP contribution in [0.5, 0.6) is 11.5 Å². The maximum absolute atomic E-state index is 14.4. The SMILES string of the molecule is COc1ccc(C(CCCNC(=O)c2cccs2)N2C(=O)c3cccc(N4CCN(C(C)c5ccccc5)CC4)c3C2=O)cc1OC. The molecule has 2 aliphatic rings. The van der Waals surface area contributed by atoms with Crippen LogP contribution < -0.4 is 19.7 Å². The van der Waals surface area contributed by atoms with Gasteiger partial charge in [0.2, 0.25) is 0 Å². The maximum atomic E-state index is 14.4. The largest absolute Gasteiger partial charge is 0.493 e. The summed E-state index contributed by atoms with van der Waals surface area (Å²) in [7, 11) is 3.13. The molecule has 1 saturated heterocycles. The number of imide groups is 1. The van der Waals surface area contributed by atoms with Gasteiger partial charge in [0.05, 0.1) is 42.0 Å². The fourth-order valence-corrected chi connectivity index (χ4v) is 7.26. The minimum absolute atomic E-state index is 0.133. The molecule has 0 saturated carbocycles. The van der Waals surface area contributed by atoms with Gasteiger partial charge in [0, 0.05) is 38.8 Å². The minimum Gasteiger partial charge on any atom is -0.493 e. The lowest BCUT2D eigenvalue weighted by molar-refractivity contribution is 0.0570. The number of hydrogen-bond acceptors (Lipinski definition) is 8. The van der Waals surface area contributed by atoms with E-state index in [1.54, 1.807) is 32.4 Å². The van der Waals surface area contributed by atoms with E-state index in [9.17, 15) is 14.4 Å². The summed E-state index contributed by atoms with van der Waals surface area (Å²) in [6.45, 7) is 5.82. The Hall–Kier alpha value is -4.67. The number of nitrogens with one attached hydrogen (secondary N) is 1. The summed E-state index contributed by atoms with van der Waals surface area (Å²) >= 11 is 1.39. The number of benzene rings is 3. The van der Waals surface area contributed by atoms with Gasteiger partial charge in [-0.25, -0.2) is 0 Å². The second-order valence-corrected chi connectivity index (χ2v) is 12.7. The summed E-state index contributed by atoms with van der Waals surface area (Å²) < 4.78 is 11.0. The van der Waals surface area contributed by atoms with Crippen LogP contribution in [0.4, 0.5) is 5.69 Å². The van der Waals surface area contributed by atoms with E-state index < -0.39 is 6.04 Å². The molecule has 2 aliphatic heterocycles. The molecule has 0 aliphatic carbocycles. The van der Waals surface area contributed by atoms with Crippen molar-refractivity contribution in [2.75, 3.05) is 51.8 Å². The molecule has 2 atom stereocenters. The van der Waals surface area contributed by atoms with Crippen molar-refractivity contribution in [3.8, 4) is 11.5 Å². The highest BCUT2D eigenvalue weighted by molar-refractivity contribution is 7.12. The Balaban J connectivity index is 1.23. The molecule has 4 aromatic rings. The smallest absolute Gasteiger partial charge is 0.264 e. The Morgan fingerprint density at radius 1 is 0.851 bits per heavy atom. The zero-order valence-corrected chi connectivity index (χ0v) is 27.8. The van der Waals surface area contributed by atoms with E-state index in [-0.39, 0.29) is 23.8 Å². The molecule has 9 nitrogen and oxygen atoms in total. The number of nitrogens with zero attached hydrogens (tertiary/aromatic N) is 3. The Morgan fingerprint density at radius 2 is 1.62 bits per heavy atom. The lowest BCUT2D eigenvalue weighted by atomic mass is 9.99. The molecule has 10 heteroatoms. The van der Waals surface area contributed by atoms with Crippen molar-refractivity contribution in [1.82, 2.24) is 15.1 Å². The average Bonchev–Trinajstić information content (AvgIpc) is 3.75. The van der Waals surface area contributed by atoms with Gasteiger partial charge in [0.15, 0.2) is 11.5 Å². The third kappa shape index (κ3) is 6.61. The summed E-state index contributed by atoms with van der Waals surface area (Å²) in [5.41, 5.74) is 3.71. The van der Waals surface area contributed by atoms with E-state index >= 15 is 0 Å². The van der Waals surface area contributed by atoms with Crippen molar-refractivity contribution in [2.24, 2.45) is 0 Å². The molecule has 3 aromatic carbocycles. The van der Waals surface area contributed by atoms with Gasteiger partial charge in [-0.05, 0) is 66.6 Å². The highest BCUT2D eigenvalue weighted by atomic mass is 32.1. The first-order valence-corrected chi connectivity index (χ1v) is 16.9. The van der Waals surface area contributed by atoms with Crippen molar-refractivity contribution in [3.63, 3.8) is 0 Å². The fraction of sp³-hybridized carbons (Fsp3) is 0.324. The van der Waals surface area contributed by atoms with Crippen LogP contribution in [0.15, 0.2) is 84.2 Å². The van der Waals surface area contributed by atoms with Gasteiger partial charge >= 0.3 is 0 Å². The molecule has 3 amide bonds. The molecule has 1 fully saturated rings. The maximum Gasteiger partial charge on any atom is 0.264 e. The van der Waals surface area contributed by atoms with Crippen molar-refractivity contribution in [1.29, 1.82) is 0 Å². The first-order chi connectivity index (χ1) is 22.9. The Morgan fingerprint density at radius 3 is 2.32 bits per heavy atom. The van der Waals surface area contributed by atoms with Gasteiger partial charge in [-0.1, -0.05) is 48.5 Å². The summed E-state index contributed by atoms with van der Waals surface area (Å²) in [5.74, 6) is 0.324. The second kappa shape index (κ2) is 14.4. The van der Waals surface area contributed by atoms with Crippen LogP contribution in [-0.2, 0) is 0 Å². The highest BCUT2D eigenvalue weighted by Gasteiger charge is 2.43. The quantitative estimate of drug-likeness (QED) is 0.144.